The van der Waals surface area contributed by atoms with Gasteiger partial charge in [-0.05, 0) is 54.7 Å². The fraction of sp³-hybridized carbons (Fsp3) is 0.429. The minimum Gasteiger partial charge on any atom is -0.493 e. The molecule has 28 heavy (non-hydrogen) atoms. The third-order valence-electron chi connectivity index (χ3n) is 4.84. The molecule has 2 heterocycles. The molecule has 3 rings (SSSR count). The summed E-state index contributed by atoms with van der Waals surface area (Å²) in [6, 6.07) is 9.35. The summed E-state index contributed by atoms with van der Waals surface area (Å²) < 4.78 is 10.5. The van der Waals surface area contributed by atoms with Crippen molar-refractivity contribution < 1.29 is 14.3 Å². The molecule has 1 aliphatic rings. The maximum absolute atomic E-state index is 12.1. The average Bonchev–Trinajstić information content (AvgIpc) is 2.76. The lowest BCUT2D eigenvalue weighted by atomic mass is 10.1. The highest BCUT2D eigenvalue weighted by atomic mass is 16.5. The summed E-state index contributed by atoms with van der Waals surface area (Å²) in [6.07, 6.45) is 5.52. The second-order valence-corrected chi connectivity index (χ2v) is 6.80. The van der Waals surface area contributed by atoms with E-state index < -0.39 is 0 Å². The molecular weight excluding hydrogens is 356 g/mol. The van der Waals surface area contributed by atoms with Crippen LogP contribution in [-0.4, -0.2) is 38.3 Å². The van der Waals surface area contributed by atoms with Crippen molar-refractivity contribution in [2.24, 2.45) is 0 Å². The third-order valence-corrected chi connectivity index (χ3v) is 4.84. The number of pyridine rings is 1. The molecule has 0 radical (unpaired) electrons. The summed E-state index contributed by atoms with van der Waals surface area (Å²) in [7, 11) is 3.19. The molecule has 1 fully saturated rings. The van der Waals surface area contributed by atoms with Gasteiger partial charge in [-0.1, -0.05) is 6.07 Å². The molecule has 0 aliphatic carbocycles. The van der Waals surface area contributed by atoms with Crippen molar-refractivity contribution in [3.63, 3.8) is 0 Å². The second-order valence-electron chi connectivity index (χ2n) is 6.80. The molecule has 7 nitrogen and oxygen atoms in total. The van der Waals surface area contributed by atoms with Crippen molar-refractivity contribution in [2.75, 3.05) is 32.2 Å². The highest BCUT2D eigenvalue weighted by molar-refractivity contribution is 5.73. The van der Waals surface area contributed by atoms with E-state index in [0.29, 0.717) is 24.6 Å². The predicted octanol–water partition coefficient (Wildman–Crippen LogP) is 3.09. The van der Waals surface area contributed by atoms with Crippen LogP contribution in [0.2, 0.25) is 0 Å². The van der Waals surface area contributed by atoms with Gasteiger partial charge in [0.25, 0.3) is 0 Å². The number of methoxy groups -OCH3 is 2. The topological polar surface area (TPSA) is 75.7 Å². The number of hydrogen-bond donors (Lipinski definition) is 2. The Balaban J connectivity index is 1.49. The van der Waals surface area contributed by atoms with Gasteiger partial charge in [0.1, 0.15) is 5.82 Å². The van der Waals surface area contributed by atoms with Crippen LogP contribution in [0.25, 0.3) is 0 Å². The van der Waals surface area contributed by atoms with Crippen LogP contribution in [0.4, 0.5) is 10.6 Å². The van der Waals surface area contributed by atoms with Crippen molar-refractivity contribution in [3.8, 4) is 11.5 Å². The minimum atomic E-state index is -0.217. The number of nitrogens with one attached hydrogen (secondary N) is 2. The maximum Gasteiger partial charge on any atom is 0.315 e. The third kappa shape index (κ3) is 5.28. The monoisotopic (exact) mass is 384 g/mol. The largest absolute Gasteiger partial charge is 0.493 e. The minimum absolute atomic E-state index is 0.217. The molecule has 1 aromatic heterocycles. The van der Waals surface area contributed by atoms with Crippen LogP contribution in [0.5, 0.6) is 11.5 Å². The first kappa shape index (κ1) is 19.8. The number of hydrogen-bond acceptors (Lipinski definition) is 5. The molecule has 1 aromatic carbocycles. The van der Waals surface area contributed by atoms with Gasteiger partial charge in [0.2, 0.25) is 0 Å². The highest BCUT2D eigenvalue weighted by Crippen LogP contribution is 2.27. The zero-order chi connectivity index (χ0) is 19.8. The van der Waals surface area contributed by atoms with Gasteiger partial charge in [-0.2, -0.15) is 0 Å². The number of amides is 2. The standard InChI is InChI=1S/C21H28N4O3/c1-27-18-7-6-16(12-19(18)28-2)14-23-21(26)24-15-17-8-9-22-20(13-17)25-10-4-3-5-11-25/h6-9,12-13H,3-5,10-11,14-15H2,1-2H3,(H2,23,24,26). The summed E-state index contributed by atoms with van der Waals surface area (Å²) in [5, 5.41) is 5.76. The van der Waals surface area contributed by atoms with Crippen molar-refractivity contribution in [2.45, 2.75) is 32.4 Å². The van der Waals surface area contributed by atoms with E-state index in [1.807, 2.05) is 30.5 Å². The number of benzene rings is 1. The van der Waals surface area contributed by atoms with E-state index in [0.717, 1.165) is 30.0 Å². The molecule has 1 aliphatic heterocycles. The predicted molar refractivity (Wildman–Crippen MR) is 109 cm³/mol. The number of anilines is 1. The molecule has 0 spiro atoms. The zero-order valence-electron chi connectivity index (χ0n) is 16.5. The molecule has 2 amide bonds. The lowest BCUT2D eigenvalue weighted by Crippen LogP contribution is -2.34. The SMILES string of the molecule is COc1ccc(CNC(=O)NCc2ccnc(N3CCCCC3)c2)cc1OC. The Morgan fingerprint density at radius 3 is 2.32 bits per heavy atom. The Hall–Kier alpha value is -2.96. The van der Waals surface area contributed by atoms with Gasteiger partial charge < -0.3 is 25.0 Å². The van der Waals surface area contributed by atoms with E-state index in [2.05, 4.69) is 26.6 Å². The summed E-state index contributed by atoms with van der Waals surface area (Å²) in [5.41, 5.74) is 1.97. The Morgan fingerprint density at radius 1 is 0.964 bits per heavy atom. The lowest BCUT2D eigenvalue weighted by molar-refractivity contribution is 0.240. The number of urea groups is 1. The molecule has 0 saturated carbocycles. The number of aromatic nitrogens is 1. The summed E-state index contributed by atoms with van der Waals surface area (Å²) in [4.78, 5) is 18.9. The molecule has 2 N–H and O–H groups in total. The lowest BCUT2D eigenvalue weighted by Gasteiger charge is -2.27. The van der Waals surface area contributed by atoms with Crippen LogP contribution in [-0.2, 0) is 13.1 Å². The number of carbonyl (C=O) groups excluding carboxylic acids is 1. The number of piperidine rings is 1. The second kappa shape index (κ2) is 9.82. The van der Waals surface area contributed by atoms with Gasteiger partial charge in [0.05, 0.1) is 14.2 Å². The van der Waals surface area contributed by atoms with Crippen LogP contribution < -0.4 is 25.0 Å². The molecule has 2 aromatic rings. The number of carbonyl (C=O) groups is 1. The fourth-order valence-corrected chi connectivity index (χ4v) is 3.28. The molecular formula is C21H28N4O3. The maximum atomic E-state index is 12.1. The van der Waals surface area contributed by atoms with Crippen molar-refractivity contribution in [1.82, 2.24) is 15.6 Å². The van der Waals surface area contributed by atoms with Gasteiger partial charge in [-0.3, -0.25) is 0 Å². The van der Waals surface area contributed by atoms with Gasteiger partial charge >= 0.3 is 6.03 Å². The first-order valence-electron chi connectivity index (χ1n) is 9.62. The van der Waals surface area contributed by atoms with Crippen LogP contribution in [0.1, 0.15) is 30.4 Å². The molecule has 7 heteroatoms. The Bertz CT molecular complexity index is 791. The number of ether oxygens (including phenoxy) is 2. The average molecular weight is 384 g/mol. The number of rotatable bonds is 7. The highest BCUT2D eigenvalue weighted by Gasteiger charge is 2.12. The Labute approximate surface area is 166 Å². The molecule has 150 valence electrons. The smallest absolute Gasteiger partial charge is 0.315 e. The zero-order valence-corrected chi connectivity index (χ0v) is 16.5. The summed E-state index contributed by atoms with van der Waals surface area (Å²) in [6.45, 7) is 2.97. The summed E-state index contributed by atoms with van der Waals surface area (Å²) >= 11 is 0. The van der Waals surface area contributed by atoms with Crippen LogP contribution >= 0.6 is 0 Å². The van der Waals surface area contributed by atoms with E-state index >= 15 is 0 Å². The van der Waals surface area contributed by atoms with E-state index in [9.17, 15) is 4.79 Å². The van der Waals surface area contributed by atoms with Crippen molar-refractivity contribution in [1.29, 1.82) is 0 Å². The number of nitrogens with zero attached hydrogens (tertiary/aromatic N) is 2. The van der Waals surface area contributed by atoms with Crippen LogP contribution in [0.15, 0.2) is 36.5 Å². The molecule has 0 atom stereocenters. The first-order chi connectivity index (χ1) is 13.7. The van der Waals surface area contributed by atoms with E-state index in [4.69, 9.17) is 9.47 Å². The normalized spacial score (nSPS) is 13.7. The molecule has 0 bridgehead atoms. The molecule has 1 saturated heterocycles. The fourth-order valence-electron chi connectivity index (χ4n) is 3.28. The van der Waals surface area contributed by atoms with E-state index in [-0.39, 0.29) is 6.03 Å². The van der Waals surface area contributed by atoms with Crippen molar-refractivity contribution in [3.05, 3.63) is 47.7 Å². The first-order valence-corrected chi connectivity index (χ1v) is 9.62. The Kier molecular flexibility index (Phi) is 6.94. The Morgan fingerprint density at radius 2 is 1.64 bits per heavy atom. The molecule has 0 unspecified atom stereocenters. The van der Waals surface area contributed by atoms with E-state index in [1.165, 1.54) is 19.3 Å². The van der Waals surface area contributed by atoms with Crippen molar-refractivity contribution >= 4 is 11.8 Å². The van der Waals surface area contributed by atoms with E-state index in [1.54, 1.807) is 14.2 Å². The van der Waals surface area contributed by atoms with Crippen LogP contribution in [0, 0.1) is 0 Å². The van der Waals surface area contributed by atoms with Crippen LogP contribution in [0.3, 0.4) is 0 Å². The van der Waals surface area contributed by atoms with Gasteiger partial charge in [-0.25, -0.2) is 9.78 Å². The van der Waals surface area contributed by atoms with Gasteiger partial charge in [-0.15, -0.1) is 0 Å². The quantitative estimate of drug-likeness (QED) is 0.767. The summed E-state index contributed by atoms with van der Waals surface area (Å²) in [5.74, 6) is 2.30. The van der Waals surface area contributed by atoms with Gasteiger partial charge in [0, 0.05) is 32.4 Å². The van der Waals surface area contributed by atoms with Gasteiger partial charge in [0.15, 0.2) is 11.5 Å².